The Morgan fingerprint density at radius 3 is 2.50 bits per heavy atom. The molecule has 1 saturated heterocycles. The molecular formula is C13H24N2O3. The van der Waals surface area contributed by atoms with Gasteiger partial charge in [0.05, 0.1) is 0 Å². The standard InChI is InChI=1S/C13H24N2O3/c1-6-10-7-14(5)11(16)9-15(8-10)12(17)18-13(2,3)4/h10H,6-9H2,1-5H3. The van der Waals surface area contributed by atoms with Crippen LogP contribution in [0.2, 0.25) is 0 Å². The predicted molar refractivity (Wildman–Crippen MR) is 69.2 cm³/mol. The van der Waals surface area contributed by atoms with Crippen LogP contribution in [0.1, 0.15) is 34.1 Å². The van der Waals surface area contributed by atoms with Crippen LogP contribution in [0.4, 0.5) is 4.79 Å². The van der Waals surface area contributed by atoms with Gasteiger partial charge in [0.2, 0.25) is 5.91 Å². The van der Waals surface area contributed by atoms with Crippen molar-refractivity contribution in [2.45, 2.75) is 39.7 Å². The average Bonchev–Trinajstić information content (AvgIpc) is 2.37. The zero-order valence-corrected chi connectivity index (χ0v) is 12.0. The second-order valence-electron chi connectivity index (χ2n) is 5.91. The van der Waals surface area contributed by atoms with E-state index in [1.807, 2.05) is 20.8 Å². The Balaban J connectivity index is 2.74. The van der Waals surface area contributed by atoms with Gasteiger partial charge in [-0.3, -0.25) is 9.69 Å². The molecule has 18 heavy (non-hydrogen) atoms. The van der Waals surface area contributed by atoms with Crippen molar-refractivity contribution in [3.05, 3.63) is 0 Å². The van der Waals surface area contributed by atoms with E-state index in [-0.39, 0.29) is 12.5 Å². The first kappa shape index (κ1) is 14.8. The molecule has 1 unspecified atom stereocenters. The number of hydrogen-bond donors (Lipinski definition) is 0. The quantitative estimate of drug-likeness (QED) is 0.718. The number of carbonyl (C=O) groups excluding carboxylic acids is 2. The second-order valence-corrected chi connectivity index (χ2v) is 5.91. The molecular weight excluding hydrogens is 232 g/mol. The molecule has 2 amide bonds. The van der Waals surface area contributed by atoms with E-state index in [2.05, 4.69) is 6.92 Å². The molecule has 0 saturated carbocycles. The molecule has 1 aliphatic heterocycles. The molecule has 104 valence electrons. The van der Waals surface area contributed by atoms with Crippen LogP contribution < -0.4 is 0 Å². The maximum atomic E-state index is 12.0. The van der Waals surface area contributed by atoms with Gasteiger partial charge in [-0.1, -0.05) is 6.92 Å². The zero-order chi connectivity index (χ0) is 13.9. The minimum absolute atomic E-state index is 0.0307. The highest BCUT2D eigenvalue weighted by atomic mass is 16.6. The molecule has 5 nitrogen and oxygen atoms in total. The number of amides is 2. The molecule has 0 aliphatic carbocycles. The minimum Gasteiger partial charge on any atom is -0.444 e. The molecule has 1 atom stereocenters. The van der Waals surface area contributed by atoms with E-state index < -0.39 is 11.7 Å². The van der Waals surface area contributed by atoms with Crippen molar-refractivity contribution in [3.8, 4) is 0 Å². The number of hydrogen-bond acceptors (Lipinski definition) is 3. The Morgan fingerprint density at radius 1 is 1.39 bits per heavy atom. The number of rotatable bonds is 1. The molecule has 1 heterocycles. The molecule has 0 radical (unpaired) electrons. The summed E-state index contributed by atoms with van der Waals surface area (Å²) >= 11 is 0. The second kappa shape index (κ2) is 5.59. The van der Waals surface area contributed by atoms with Gasteiger partial charge in [-0.05, 0) is 33.1 Å². The van der Waals surface area contributed by atoms with Crippen molar-refractivity contribution in [1.82, 2.24) is 9.80 Å². The summed E-state index contributed by atoms with van der Waals surface area (Å²) in [6.07, 6.45) is 0.543. The van der Waals surface area contributed by atoms with Crippen LogP contribution in [0.3, 0.4) is 0 Å². The van der Waals surface area contributed by atoms with Gasteiger partial charge >= 0.3 is 6.09 Å². The van der Waals surface area contributed by atoms with Gasteiger partial charge in [0.15, 0.2) is 0 Å². The Kier molecular flexibility index (Phi) is 4.59. The first-order valence-electron chi connectivity index (χ1n) is 6.45. The summed E-state index contributed by atoms with van der Waals surface area (Å²) in [4.78, 5) is 27.1. The van der Waals surface area contributed by atoms with Crippen LogP contribution in [0.15, 0.2) is 0 Å². The maximum Gasteiger partial charge on any atom is 0.410 e. The monoisotopic (exact) mass is 256 g/mol. The number of carbonyl (C=O) groups is 2. The van der Waals surface area contributed by atoms with E-state index in [4.69, 9.17) is 4.74 Å². The zero-order valence-electron chi connectivity index (χ0n) is 12.0. The smallest absolute Gasteiger partial charge is 0.410 e. The normalized spacial score (nSPS) is 21.8. The van der Waals surface area contributed by atoms with E-state index in [0.29, 0.717) is 19.0 Å². The Hall–Kier alpha value is -1.26. The van der Waals surface area contributed by atoms with Crippen molar-refractivity contribution in [3.63, 3.8) is 0 Å². The fraction of sp³-hybridized carbons (Fsp3) is 0.846. The molecule has 5 heteroatoms. The van der Waals surface area contributed by atoms with E-state index >= 15 is 0 Å². The van der Waals surface area contributed by atoms with Gasteiger partial charge in [-0.2, -0.15) is 0 Å². The highest BCUT2D eigenvalue weighted by Crippen LogP contribution is 2.16. The molecule has 0 bridgehead atoms. The fourth-order valence-corrected chi connectivity index (χ4v) is 1.93. The van der Waals surface area contributed by atoms with Crippen molar-refractivity contribution in [2.75, 3.05) is 26.7 Å². The Morgan fingerprint density at radius 2 is 2.00 bits per heavy atom. The lowest BCUT2D eigenvalue weighted by atomic mass is 10.1. The van der Waals surface area contributed by atoms with Gasteiger partial charge in [0, 0.05) is 20.1 Å². The summed E-state index contributed by atoms with van der Waals surface area (Å²) in [6, 6.07) is 0. The predicted octanol–water partition coefficient (Wildman–Crippen LogP) is 1.72. The van der Waals surface area contributed by atoms with Crippen LogP contribution in [0.25, 0.3) is 0 Å². The fourth-order valence-electron chi connectivity index (χ4n) is 1.93. The topological polar surface area (TPSA) is 49.9 Å². The molecule has 1 fully saturated rings. The highest BCUT2D eigenvalue weighted by molar-refractivity contribution is 5.82. The maximum absolute atomic E-state index is 12.0. The third-order valence-electron chi connectivity index (χ3n) is 2.99. The van der Waals surface area contributed by atoms with Gasteiger partial charge in [-0.15, -0.1) is 0 Å². The minimum atomic E-state index is -0.528. The lowest BCUT2D eigenvalue weighted by molar-refractivity contribution is -0.130. The van der Waals surface area contributed by atoms with Gasteiger partial charge in [-0.25, -0.2) is 4.79 Å². The summed E-state index contributed by atoms with van der Waals surface area (Å²) < 4.78 is 5.33. The van der Waals surface area contributed by atoms with Crippen LogP contribution in [-0.4, -0.2) is 54.1 Å². The van der Waals surface area contributed by atoms with Crippen LogP contribution >= 0.6 is 0 Å². The Bertz CT molecular complexity index is 323. The van der Waals surface area contributed by atoms with Crippen LogP contribution in [0, 0.1) is 5.92 Å². The first-order valence-corrected chi connectivity index (χ1v) is 6.45. The van der Waals surface area contributed by atoms with E-state index in [0.717, 1.165) is 6.42 Å². The Labute approximate surface area is 109 Å². The average molecular weight is 256 g/mol. The first-order chi connectivity index (χ1) is 8.23. The van der Waals surface area contributed by atoms with Crippen molar-refractivity contribution >= 4 is 12.0 Å². The van der Waals surface area contributed by atoms with Gasteiger partial charge in [0.1, 0.15) is 12.1 Å². The SMILES string of the molecule is CCC1CN(C)C(=O)CN(C(=O)OC(C)(C)C)C1. The van der Waals surface area contributed by atoms with Crippen LogP contribution in [-0.2, 0) is 9.53 Å². The number of likely N-dealkylation sites (N-methyl/N-ethyl adjacent to an activating group) is 1. The number of ether oxygens (including phenoxy) is 1. The van der Waals surface area contributed by atoms with E-state index in [1.165, 1.54) is 4.90 Å². The molecule has 0 N–H and O–H groups in total. The summed E-state index contributed by atoms with van der Waals surface area (Å²) in [5.41, 5.74) is -0.528. The third-order valence-corrected chi connectivity index (χ3v) is 2.99. The lowest BCUT2D eigenvalue weighted by Gasteiger charge is -2.27. The molecule has 0 spiro atoms. The van der Waals surface area contributed by atoms with Crippen molar-refractivity contribution in [1.29, 1.82) is 0 Å². The number of nitrogens with zero attached hydrogens (tertiary/aromatic N) is 2. The summed E-state index contributed by atoms with van der Waals surface area (Å²) in [6.45, 7) is 8.95. The van der Waals surface area contributed by atoms with Crippen molar-refractivity contribution in [2.24, 2.45) is 5.92 Å². The summed E-state index contributed by atoms with van der Waals surface area (Å²) in [5, 5.41) is 0. The summed E-state index contributed by atoms with van der Waals surface area (Å²) in [7, 11) is 1.78. The lowest BCUT2D eigenvalue weighted by Crippen LogP contribution is -2.41. The highest BCUT2D eigenvalue weighted by Gasteiger charge is 2.30. The van der Waals surface area contributed by atoms with Gasteiger partial charge < -0.3 is 9.64 Å². The largest absolute Gasteiger partial charge is 0.444 e. The van der Waals surface area contributed by atoms with E-state index in [9.17, 15) is 9.59 Å². The molecule has 0 aromatic rings. The molecule has 0 aromatic heterocycles. The molecule has 1 rings (SSSR count). The molecule has 0 aromatic carbocycles. The van der Waals surface area contributed by atoms with Crippen LogP contribution in [0.5, 0.6) is 0 Å². The third kappa shape index (κ3) is 4.20. The van der Waals surface area contributed by atoms with Gasteiger partial charge in [0.25, 0.3) is 0 Å². The summed E-state index contributed by atoms with van der Waals surface area (Å²) in [5.74, 6) is 0.283. The van der Waals surface area contributed by atoms with Crippen molar-refractivity contribution < 1.29 is 14.3 Å². The molecule has 1 aliphatic rings. The van der Waals surface area contributed by atoms with E-state index in [1.54, 1.807) is 11.9 Å².